The minimum Gasteiger partial charge on any atom is -0.494 e. The van der Waals surface area contributed by atoms with Crippen molar-refractivity contribution in [1.29, 1.82) is 0 Å². The molecular weight excluding hydrogens is 396 g/mol. The third-order valence-electron chi connectivity index (χ3n) is 4.73. The number of hydrogen-bond acceptors (Lipinski definition) is 6. The van der Waals surface area contributed by atoms with Gasteiger partial charge in [0.15, 0.2) is 11.5 Å². The van der Waals surface area contributed by atoms with E-state index in [1.54, 1.807) is 35.2 Å². The highest BCUT2D eigenvalue weighted by Gasteiger charge is 2.34. The maximum Gasteiger partial charge on any atom is 0.241 e. The van der Waals surface area contributed by atoms with Crippen molar-refractivity contribution in [2.75, 3.05) is 31.3 Å². The normalized spacial score (nSPS) is 18.7. The van der Waals surface area contributed by atoms with Gasteiger partial charge in [0.2, 0.25) is 15.9 Å². The van der Waals surface area contributed by atoms with Gasteiger partial charge in [-0.05, 0) is 43.3 Å². The quantitative estimate of drug-likeness (QED) is 0.771. The molecule has 154 valence electrons. The predicted molar refractivity (Wildman–Crippen MR) is 106 cm³/mol. The van der Waals surface area contributed by atoms with E-state index in [0.29, 0.717) is 37.0 Å². The molecule has 2 aromatic rings. The Bertz CT molecular complexity index is 1010. The average Bonchev–Trinajstić information content (AvgIpc) is 3.07. The van der Waals surface area contributed by atoms with Crippen molar-refractivity contribution < 1.29 is 27.4 Å². The van der Waals surface area contributed by atoms with Gasteiger partial charge in [-0.1, -0.05) is 0 Å². The smallest absolute Gasteiger partial charge is 0.241 e. The van der Waals surface area contributed by atoms with Crippen molar-refractivity contribution in [2.24, 2.45) is 0 Å². The van der Waals surface area contributed by atoms with Gasteiger partial charge in [0, 0.05) is 30.8 Å². The number of nitrogens with zero attached hydrogens (tertiary/aromatic N) is 1. The van der Waals surface area contributed by atoms with Crippen LogP contribution in [0.5, 0.6) is 17.2 Å². The van der Waals surface area contributed by atoms with E-state index in [1.165, 1.54) is 12.1 Å². The molecule has 8 nitrogen and oxygen atoms in total. The highest BCUT2D eigenvalue weighted by molar-refractivity contribution is 7.89. The molecule has 0 aromatic heterocycles. The lowest BCUT2D eigenvalue weighted by molar-refractivity contribution is -0.117. The molecule has 1 unspecified atom stereocenters. The molecule has 9 heteroatoms. The molecule has 4 rings (SSSR count). The third-order valence-corrected chi connectivity index (χ3v) is 6.25. The zero-order valence-electron chi connectivity index (χ0n) is 16.0. The van der Waals surface area contributed by atoms with E-state index in [0.717, 1.165) is 5.75 Å². The summed E-state index contributed by atoms with van der Waals surface area (Å²) >= 11 is 0. The van der Waals surface area contributed by atoms with Crippen LogP contribution in [0.25, 0.3) is 0 Å². The summed E-state index contributed by atoms with van der Waals surface area (Å²) in [5.41, 5.74) is 0.708. The van der Waals surface area contributed by atoms with Gasteiger partial charge in [-0.25, -0.2) is 13.1 Å². The second-order valence-electron chi connectivity index (χ2n) is 6.76. The number of ether oxygens (including phenoxy) is 3. The molecule has 0 radical (unpaired) electrons. The van der Waals surface area contributed by atoms with Crippen LogP contribution in [0.4, 0.5) is 5.69 Å². The fraction of sp³-hybridized carbons (Fsp3) is 0.350. The van der Waals surface area contributed by atoms with Crippen LogP contribution >= 0.6 is 0 Å². The first-order valence-corrected chi connectivity index (χ1v) is 10.9. The first-order chi connectivity index (χ1) is 14.0. The standard InChI is InChI=1S/C20H22N2O6S/c1-2-26-16-5-3-15(4-6-16)22-13-14(11-20(22)23)21-29(24,25)17-7-8-18-19(12-17)28-10-9-27-18/h3-8,12,14,21H,2,9-11,13H2,1H3. The first-order valence-electron chi connectivity index (χ1n) is 9.41. The largest absolute Gasteiger partial charge is 0.494 e. The summed E-state index contributed by atoms with van der Waals surface area (Å²) in [6.07, 6.45) is 0.0942. The van der Waals surface area contributed by atoms with Crippen molar-refractivity contribution >= 4 is 21.6 Å². The number of sulfonamides is 1. The molecule has 2 heterocycles. The molecule has 1 N–H and O–H groups in total. The molecule has 0 bridgehead atoms. The highest BCUT2D eigenvalue weighted by atomic mass is 32.2. The Hall–Kier alpha value is -2.78. The van der Waals surface area contributed by atoms with E-state index in [-0.39, 0.29) is 23.8 Å². The van der Waals surface area contributed by atoms with Crippen molar-refractivity contribution in [3.8, 4) is 17.2 Å². The Balaban J connectivity index is 1.46. The van der Waals surface area contributed by atoms with Crippen LogP contribution in [0.3, 0.4) is 0 Å². The lowest BCUT2D eigenvalue weighted by Crippen LogP contribution is -2.37. The monoisotopic (exact) mass is 418 g/mol. The van der Waals surface area contributed by atoms with E-state index < -0.39 is 16.1 Å². The Morgan fingerprint density at radius 2 is 1.83 bits per heavy atom. The fourth-order valence-electron chi connectivity index (χ4n) is 3.40. The predicted octanol–water partition coefficient (Wildman–Crippen LogP) is 1.94. The molecule has 1 fully saturated rings. The number of anilines is 1. The Morgan fingerprint density at radius 1 is 1.10 bits per heavy atom. The molecule has 1 saturated heterocycles. The number of nitrogens with one attached hydrogen (secondary N) is 1. The van der Waals surface area contributed by atoms with Crippen molar-refractivity contribution in [1.82, 2.24) is 4.72 Å². The van der Waals surface area contributed by atoms with Crippen LogP contribution in [-0.2, 0) is 14.8 Å². The Labute approximate surface area is 169 Å². The van der Waals surface area contributed by atoms with Gasteiger partial charge >= 0.3 is 0 Å². The zero-order chi connectivity index (χ0) is 20.4. The van der Waals surface area contributed by atoms with Gasteiger partial charge in [0.1, 0.15) is 19.0 Å². The number of amides is 1. The van der Waals surface area contributed by atoms with Crippen LogP contribution in [-0.4, -0.2) is 46.7 Å². The van der Waals surface area contributed by atoms with E-state index in [4.69, 9.17) is 14.2 Å². The van der Waals surface area contributed by atoms with Crippen LogP contribution in [0.1, 0.15) is 13.3 Å². The molecule has 0 aliphatic carbocycles. The number of rotatable bonds is 6. The molecule has 2 aromatic carbocycles. The SMILES string of the molecule is CCOc1ccc(N2CC(NS(=O)(=O)c3ccc4c(c3)OCCO4)CC2=O)cc1. The van der Waals surface area contributed by atoms with Crippen LogP contribution in [0.2, 0.25) is 0 Å². The van der Waals surface area contributed by atoms with E-state index in [2.05, 4.69) is 4.72 Å². The minimum absolute atomic E-state index is 0.0775. The first kappa shape index (κ1) is 19.5. The summed E-state index contributed by atoms with van der Waals surface area (Å²) in [5, 5.41) is 0. The average molecular weight is 418 g/mol. The van der Waals surface area contributed by atoms with E-state index >= 15 is 0 Å². The molecule has 2 aliphatic rings. The number of carbonyl (C=O) groups excluding carboxylic acids is 1. The third kappa shape index (κ3) is 4.15. The van der Waals surface area contributed by atoms with E-state index in [9.17, 15) is 13.2 Å². The number of carbonyl (C=O) groups is 1. The highest BCUT2D eigenvalue weighted by Crippen LogP contribution is 2.32. The number of fused-ring (bicyclic) bond motifs is 1. The maximum absolute atomic E-state index is 12.8. The van der Waals surface area contributed by atoms with Gasteiger partial charge in [0.05, 0.1) is 11.5 Å². The van der Waals surface area contributed by atoms with Gasteiger partial charge in [-0.15, -0.1) is 0 Å². The fourth-order valence-corrected chi connectivity index (χ4v) is 4.65. The molecule has 2 aliphatic heterocycles. The van der Waals surface area contributed by atoms with Crippen molar-refractivity contribution in [3.63, 3.8) is 0 Å². The number of benzene rings is 2. The molecule has 0 saturated carbocycles. The van der Waals surface area contributed by atoms with Gasteiger partial charge in [-0.3, -0.25) is 4.79 Å². The van der Waals surface area contributed by atoms with Crippen molar-refractivity contribution in [2.45, 2.75) is 24.3 Å². The van der Waals surface area contributed by atoms with Crippen molar-refractivity contribution in [3.05, 3.63) is 42.5 Å². The molecule has 1 atom stereocenters. The van der Waals surface area contributed by atoms with Gasteiger partial charge in [-0.2, -0.15) is 0 Å². The summed E-state index contributed by atoms with van der Waals surface area (Å²) in [5.74, 6) is 1.51. The van der Waals surface area contributed by atoms with Crippen LogP contribution in [0.15, 0.2) is 47.4 Å². The van der Waals surface area contributed by atoms with Crippen LogP contribution in [0, 0.1) is 0 Å². The lowest BCUT2D eigenvalue weighted by atomic mass is 10.3. The Kier molecular flexibility index (Phi) is 5.33. The number of hydrogen-bond donors (Lipinski definition) is 1. The molecular formula is C20H22N2O6S. The summed E-state index contributed by atoms with van der Waals surface area (Å²) in [7, 11) is -3.80. The molecule has 29 heavy (non-hydrogen) atoms. The summed E-state index contributed by atoms with van der Waals surface area (Å²) in [6.45, 7) is 3.53. The second-order valence-corrected chi connectivity index (χ2v) is 8.47. The summed E-state index contributed by atoms with van der Waals surface area (Å²) in [6, 6.07) is 11.1. The Morgan fingerprint density at radius 3 is 2.55 bits per heavy atom. The van der Waals surface area contributed by atoms with Gasteiger partial charge < -0.3 is 19.1 Å². The molecule has 1 amide bonds. The van der Waals surface area contributed by atoms with Gasteiger partial charge in [0.25, 0.3) is 0 Å². The maximum atomic E-state index is 12.8. The molecule has 0 spiro atoms. The summed E-state index contributed by atoms with van der Waals surface area (Å²) < 4.78 is 44.5. The lowest BCUT2D eigenvalue weighted by Gasteiger charge is -2.20. The zero-order valence-corrected chi connectivity index (χ0v) is 16.8. The second kappa shape index (κ2) is 7.92. The minimum atomic E-state index is -3.80. The van der Waals surface area contributed by atoms with Crippen LogP contribution < -0.4 is 23.8 Å². The summed E-state index contributed by atoms with van der Waals surface area (Å²) in [4.78, 5) is 14.1. The van der Waals surface area contributed by atoms with E-state index in [1.807, 2.05) is 6.92 Å². The topological polar surface area (TPSA) is 94.2 Å².